The van der Waals surface area contributed by atoms with Crippen molar-refractivity contribution in [1.29, 1.82) is 0 Å². The van der Waals surface area contributed by atoms with Crippen molar-refractivity contribution in [3.8, 4) is 0 Å². The van der Waals surface area contributed by atoms with Crippen LogP contribution < -0.4 is 0 Å². The Morgan fingerprint density at radius 2 is 2.42 bits per heavy atom. The van der Waals surface area contributed by atoms with E-state index in [4.69, 9.17) is 9.47 Å². The first-order valence-electron chi connectivity index (χ1n) is 4.11. The minimum absolute atomic E-state index is 0.102. The first kappa shape index (κ1) is 10.2. The molecule has 0 spiro atoms. The number of hydrogen-bond donors (Lipinski definition) is 0. The van der Waals surface area contributed by atoms with E-state index in [1.807, 2.05) is 6.92 Å². The molecule has 1 rings (SSSR count). The Morgan fingerprint density at radius 1 is 1.67 bits per heavy atom. The summed E-state index contributed by atoms with van der Waals surface area (Å²) in [5.41, 5.74) is 0. The van der Waals surface area contributed by atoms with E-state index in [0.717, 1.165) is 6.61 Å². The van der Waals surface area contributed by atoms with Crippen LogP contribution in [-0.4, -0.2) is 29.7 Å². The zero-order valence-corrected chi connectivity index (χ0v) is 9.24. The maximum atomic E-state index is 11.1. The number of carbonyl (C=O) groups excluding carboxylic acids is 1. The van der Waals surface area contributed by atoms with E-state index in [9.17, 15) is 4.79 Å². The number of hydrogen-bond acceptors (Lipinski definition) is 3. The van der Waals surface area contributed by atoms with Crippen molar-refractivity contribution >= 4 is 28.6 Å². The molecule has 1 fully saturated rings. The molecule has 0 N–H and O–H groups in total. The van der Waals surface area contributed by atoms with Crippen LogP contribution in [0.3, 0.4) is 0 Å². The molecule has 0 aromatic heterocycles. The highest BCUT2D eigenvalue weighted by atomic mass is 127. The predicted octanol–water partition coefficient (Wildman–Crippen LogP) is 1.39. The topological polar surface area (TPSA) is 35.5 Å². The van der Waals surface area contributed by atoms with Crippen molar-refractivity contribution in [3.05, 3.63) is 0 Å². The molecule has 0 saturated carbocycles. The minimum Gasteiger partial charge on any atom is -0.466 e. The number of rotatable bonds is 3. The fourth-order valence-electron chi connectivity index (χ4n) is 1.19. The molecule has 0 bridgehead atoms. The number of carbonyl (C=O) groups is 1. The van der Waals surface area contributed by atoms with Gasteiger partial charge in [-0.2, -0.15) is 0 Å². The van der Waals surface area contributed by atoms with Crippen LogP contribution in [0.5, 0.6) is 0 Å². The van der Waals surface area contributed by atoms with Crippen molar-refractivity contribution in [3.63, 3.8) is 0 Å². The lowest BCUT2D eigenvalue weighted by atomic mass is 10.1. The van der Waals surface area contributed by atoms with Gasteiger partial charge in [-0.25, -0.2) is 0 Å². The van der Waals surface area contributed by atoms with Crippen LogP contribution in [0, 0.1) is 5.92 Å². The second-order valence-electron chi connectivity index (χ2n) is 2.82. The van der Waals surface area contributed by atoms with Crippen molar-refractivity contribution in [2.24, 2.45) is 5.92 Å². The normalized spacial score (nSPS) is 28.8. The average Bonchev–Trinajstić information content (AvgIpc) is 2.37. The van der Waals surface area contributed by atoms with E-state index < -0.39 is 0 Å². The van der Waals surface area contributed by atoms with Crippen molar-refractivity contribution < 1.29 is 14.3 Å². The van der Waals surface area contributed by atoms with Gasteiger partial charge in [0.05, 0.1) is 26.2 Å². The van der Waals surface area contributed by atoms with Crippen LogP contribution in [0.15, 0.2) is 0 Å². The van der Waals surface area contributed by atoms with Crippen LogP contribution in [-0.2, 0) is 14.3 Å². The maximum absolute atomic E-state index is 11.1. The molecule has 4 heteroatoms. The number of alkyl halides is 1. The van der Waals surface area contributed by atoms with E-state index in [2.05, 4.69) is 22.6 Å². The molecular formula is C8H13IO3. The van der Waals surface area contributed by atoms with Crippen LogP contribution in [0.1, 0.15) is 13.3 Å². The zero-order valence-electron chi connectivity index (χ0n) is 7.09. The molecule has 3 nitrogen and oxygen atoms in total. The highest BCUT2D eigenvalue weighted by molar-refractivity contribution is 14.1. The van der Waals surface area contributed by atoms with Gasteiger partial charge in [0.1, 0.15) is 0 Å². The lowest BCUT2D eigenvalue weighted by molar-refractivity contribution is -0.144. The smallest absolute Gasteiger partial charge is 0.306 e. The molecule has 1 aliphatic heterocycles. The summed E-state index contributed by atoms with van der Waals surface area (Å²) in [6.07, 6.45) is 0.501. The molecule has 70 valence electrons. The van der Waals surface area contributed by atoms with Gasteiger partial charge in [0.2, 0.25) is 0 Å². The molecule has 0 aliphatic carbocycles. The monoisotopic (exact) mass is 284 g/mol. The van der Waals surface area contributed by atoms with Crippen LogP contribution in [0.4, 0.5) is 0 Å². The van der Waals surface area contributed by atoms with Gasteiger partial charge in [0, 0.05) is 9.84 Å². The lowest BCUT2D eigenvalue weighted by Gasteiger charge is -2.09. The molecule has 0 unspecified atom stereocenters. The van der Waals surface area contributed by atoms with Gasteiger partial charge >= 0.3 is 5.97 Å². The van der Waals surface area contributed by atoms with Crippen molar-refractivity contribution in [2.45, 2.75) is 17.3 Å². The summed E-state index contributed by atoms with van der Waals surface area (Å²) >= 11 is 2.32. The molecule has 0 amide bonds. The van der Waals surface area contributed by atoms with E-state index in [1.165, 1.54) is 0 Å². The van der Waals surface area contributed by atoms with Gasteiger partial charge in [-0.1, -0.05) is 22.6 Å². The third kappa shape index (κ3) is 2.90. The maximum Gasteiger partial charge on any atom is 0.306 e. The van der Waals surface area contributed by atoms with Crippen molar-refractivity contribution in [1.82, 2.24) is 0 Å². The zero-order chi connectivity index (χ0) is 8.97. The molecule has 0 aromatic rings. The first-order chi connectivity index (χ1) is 5.74. The lowest BCUT2D eigenvalue weighted by Crippen LogP contribution is -2.17. The van der Waals surface area contributed by atoms with Gasteiger partial charge in [-0.15, -0.1) is 0 Å². The number of halogens is 1. The van der Waals surface area contributed by atoms with Crippen LogP contribution >= 0.6 is 22.6 Å². The highest BCUT2D eigenvalue weighted by Crippen LogP contribution is 2.24. The summed E-state index contributed by atoms with van der Waals surface area (Å²) in [6.45, 7) is 3.76. The third-order valence-corrected chi connectivity index (χ3v) is 3.23. The summed E-state index contributed by atoms with van der Waals surface area (Å²) in [5, 5.41) is 0. The van der Waals surface area contributed by atoms with E-state index in [1.54, 1.807) is 0 Å². The summed E-state index contributed by atoms with van der Waals surface area (Å²) < 4.78 is 10.6. The second kappa shape index (κ2) is 5.01. The van der Waals surface area contributed by atoms with Crippen LogP contribution in [0.2, 0.25) is 0 Å². The molecule has 1 heterocycles. The molecule has 12 heavy (non-hydrogen) atoms. The Bertz CT molecular complexity index is 160. The average molecular weight is 284 g/mol. The summed E-state index contributed by atoms with van der Waals surface area (Å²) in [6, 6.07) is 0. The van der Waals surface area contributed by atoms with Gasteiger partial charge < -0.3 is 9.47 Å². The Labute approximate surface area is 85.9 Å². The number of esters is 1. The second-order valence-corrected chi connectivity index (χ2v) is 4.42. The standard InChI is InChI=1S/C8H13IO3/c1-2-12-8(10)3-6-4-11-5-7(6)9/h6-7H,2-5H2,1H3/t6-,7-/m0/s1. The predicted molar refractivity (Wildman–Crippen MR) is 53.4 cm³/mol. The fraction of sp³-hybridized carbons (Fsp3) is 0.875. The van der Waals surface area contributed by atoms with E-state index in [0.29, 0.717) is 29.5 Å². The fourth-order valence-corrected chi connectivity index (χ4v) is 1.91. The first-order valence-corrected chi connectivity index (χ1v) is 5.36. The number of ether oxygens (including phenoxy) is 2. The molecule has 0 radical (unpaired) electrons. The summed E-state index contributed by atoms with van der Waals surface area (Å²) in [4.78, 5) is 11.1. The summed E-state index contributed by atoms with van der Waals surface area (Å²) in [7, 11) is 0. The molecule has 1 aliphatic rings. The van der Waals surface area contributed by atoms with Crippen molar-refractivity contribution in [2.75, 3.05) is 19.8 Å². The minimum atomic E-state index is -0.102. The van der Waals surface area contributed by atoms with Gasteiger partial charge in [0.25, 0.3) is 0 Å². The Kier molecular flexibility index (Phi) is 4.28. The highest BCUT2D eigenvalue weighted by Gasteiger charge is 2.28. The Hall–Kier alpha value is 0.160. The van der Waals surface area contributed by atoms with E-state index in [-0.39, 0.29) is 5.97 Å². The molecule has 0 aromatic carbocycles. The molecule has 2 atom stereocenters. The van der Waals surface area contributed by atoms with Gasteiger partial charge in [0.15, 0.2) is 0 Å². The van der Waals surface area contributed by atoms with E-state index >= 15 is 0 Å². The summed E-state index contributed by atoms with van der Waals surface area (Å²) in [5.74, 6) is 0.249. The van der Waals surface area contributed by atoms with Gasteiger partial charge in [-0.05, 0) is 6.92 Å². The SMILES string of the molecule is CCOC(=O)C[C@H]1COC[C@@H]1I. The largest absolute Gasteiger partial charge is 0.466 e. The quantitative estimate of drug-likeness (QED) is 0.446. The van der Waals surface area contributed by atoms with Gasteiger partial charge in [-0.3, -0.25) is 4.79 Å². The third-order valence-electron chi connectivity index (χ3n) is 1.85. The Morgan fingerprint density at radius 3 is 2.92 bits per heavy atom. The van der Waals surface area contributed by atoms with Crippen LogP contribution in [0.25, 0.3) is 0 Å². The molecule has 1 saturated heterocycles. The molecular weight excluding hydrogens is 271 g/mol. The Balaban J connectivity index is 2.25.